The van der Waals surface area contributed by atoms with Crippen LogP contribution in [-0.4, -0.2) is 40.5 Å². The van der Waals surface area contributed by atoms with Gasteiger partial charge in [-0.2, -0.15) is 0 Å². The first-order valence-corrected chi connectivity index (χ1v) is 9.45. The number of halogens is 3. The van der Waals surface area contributed by atoms with Gasteiger partial charge in [0.25, 0.3) is 16.8 Å². The van der Waals surface area contributed by atoms with Gasteiger partial charge in [0, 0.05) is 17.7 Å². The van der Waals surface area contributed by atoms with Gasteiger partial charge in [-0.05, 0) is 36.0 Å². The molecule has 0 radical (unpaired) electrons. The highest BCUT2D eigenvalue weighted by atomic mass is 32.2. The monoisotopic (exact) mass is 467 g/mol. The molecule has 1 heterocycles. The van der Waals surface area contributed by atoms with E-state index in [0.29, 0.717) is 22.7 Å². The minimum absolute atomic E-state index is 0.138. The van der Waals surface area contributed by atoms with E-state index in [9.17, 15) is 37.7 Å². The maximum absolute atomic E-state index is 13.7. The van der Waals surface area contributed by atoms with Crippen molar-refractivity contribution in [2.75, 3.05) is 19.0 Å². The molecule has 0 unspecified atom stereocenters. The van der Waals surface area contributed by atoms with E-state index < -0.39 is 51.7 Å². The molecule has 1 aliphatic heterocycles. The van der Waals surface area contributed by atoms with E-state index in [1.165, 1.54) is 25.3 Å². The average Bonchev–Trinajstić information content (AvgIpc) is 3.01. The van der Waals surface area contributed by atoms with Crippen LogP contribution in [0.1, 0.15) is 5.56 Å². The predicted octanol–water partition coefficient (Wildman–Crippen LogP) is 3.70. The number of thioether (sulfide) groups is 1. The summed E-state index contributed by atoms with van der Waals surface area (Å²) < 4.78 is 45.1. The maximum atomic E-state index is 13.7. The Kier molecular flexibility index (Phi) is 6.48. The zero-order valence-electron chi connectivity index (χ0n) is 16.1. The number of nitrogens with zero attached hydrogens (tertiary/aromatic N) is 2. The molecule has 0 bridgehead atoms. The molecule has 166 valence electrons. The van der Waals surface area contributed by atoms with Crippen LogP contribution < -0.4 is 10.1 Å². The summed E-state index contributed by atoms with van der Waals surface area (Å²) in [6, 6.07) is 5.05. The highest BCUT2D eigenvalue weighted by Gasteiger charge is 2.36. The van der Waals surface area contributed by atoms with Crippen LogP contribution in [0.4, 0.5) is 29.3 Å². The summed E-state index contributed by atoms with van der Waals surface area (Å²) in [5.41, 5.74) is -0.789. The van der Waals surface area contributed by atoms with Gasteiger partial charge in [0.2, 0.25) is 5.91 Å². The van der Waals surface area contributed by atoms with Crippen molar-refractivity contribution in [3.8, 4) is 5.75 Å². The number of amides is 3. The topological polar surface area (TPSA) is 119 Å². The number of carbonyl (C=O) groups excluding carboxylic acids is 3. The molecule has 0 spiro atoms. The first-order chi connectivity index (χ1) is 15.1. The molecule has 1 saturated heterocycles. The molecule has 3 rings (SSSR count). The fourth-order valence-corrected chi connectivity index (χ4v) is 3.51. The third-order valence-corrected chi connectivity index (χ3v) is 5.10. The third-order valence-electron chi connectivity index (χ3n) is 4.20. The normalized spacial score (nSPS) is 14.8. The van der Waals surface area contributed by atoms with E-state index >= 15 is 0 Å². The summed E-state index contributed by atoms with van der Waals surface area (Å²) in [5.74, 6) is -6.59. The molecule has 0 aromatic heterocycles. The zero-order chi connectivity index (χ0) is 23.6. The third kappa shape index (κ3) is 4.56. The Morgan fingerprint density at radius 2 is 1.94 bits per heavy atom. The lowest BCUT2D eigenvalue weighted by atomic mass is 10.1. The largest absolute Gasteiger partial charge is 0.496 e. The number of nitro groups is 1. The van der Waals surface area contributed by atoms with Gasteiger partial charge in [-0.25, -0.2) is 13.2 Å². The molecule has 1 N–H and O–H groups in total. The Morgan fingerprint density at radius 3 is 2.59 bits per heavy atom. The van der Waals surface area contributed by atoms with Gasteiger partial charge in [0.15, 0.2) is 17.5 Å². The fraction of sp³-hybridized carbons (Fsp3) is 0.105. The number of imide groups is 1. The summed E-state index contributed by atoms with van der Waals surface area (Å²) in [4.78, 5) is 47.6. The predicted molar refractivity (Wildman–Crippen MR) is 107 cm³/mol. The van der Waals surface area contributed by atoms with Crippen molar-refractivity contribution in [1.82, 2.24) is 4.90 Å². The van der Waals surface area contributed by atoms with E-state index in [2.05, 4.69) is 0 Å². The van der Waals surface area contributed by atoms with Crippen molar-refractivity contribution >= 4 is 46.3 Å². The number of ether oxygens (including phenoxy) is 1. The van der Waals surface area contributed by atoms with Gasteiger partial charge in [-0.1, -0.05) is 0 Å². The number of rotatable bonds is 6. The van der Waals surface area contributed by atoms with E-state index in [4.69, 9.17) is 4.74 Å². The lowest BCUT2D eigenvalue weighted by Crippen LogP contribution is -2.36. The summed E-state index contributed by atoms with van der Waals surface area (Å²) >= 11 is 0.475. The smallest absolute Gasteiger partial charge is 0.294 e. The van der Waals surface area contributed by atoms with E-state index in [0.717, 1.165) is 12.1 Å². The standard InChI is InChI=1S/C19H12F3N3O6S/c1-31-13-5-2-10(25(29)30)6-9(13)7-14-18(27)24(19(28)32-14)8-15(26)23-12-4-3-11(20)16(21)17(12)22/h2-7H,8H2,1H3,(H,23,26)/b14-7+. The summed E-state index contributed by atoms with van der Waals surface area (Å²) in [6.07, 6.45) is 1.20. The second kappa shape index (κ2) is 9.09. The van der Waals surface area contributed by atoms with Crippen molar-refractivity contribution in [3.05, 3.63) is 68.4 Å². The summed E-state index contributed by atoms with van der Waals surface area (Å²) in [5, 5.41) is 12.1. The number of non-ortho nitro benzene ring substituents is 1. The second-order valence-corrected chi connectivity index (χ2v) is 7.22. The van der Waals surface area contributed by atoms with Gasteiger partial charge < -0.3 is 10.1 Å². The molecule has 0 saturated carbocycles. The quantitative estimate of drug-likeness (QED) is 0.298. The molecule has 1 aliphatic rings. The molecule has 32 heavy (non-hydrogen) atoms. The minimum atomic E-state index is -1.79. The van der Waals surface area contributed by atoms with Gasteiger partial charge >= 0.3 is 0 Å². The Morgan fingerprint density at radius 1 is 1.22 bits per heavy atom. The first-order valence-electron chi connectivity index (χ1n) is 8.63. The van der Waals surface area contributed by atoms with Crippen LogP contribution in [0, 0.1) is 27.6 Å². The molecular weight excluding hydrogens is 455 g/mol. The number of nitro benzene ring substituents is 1. The Labute approximate surface area is 182 Å². The van der Waals surface area contributed by atoms with Crippen LogP contribution in [0.25, 0.3) is 6.08 Å². The van der Waals surface area contributed by atoms with Crippen LogP contribution in [-0.2, 0) is 9.59 Å². The van der Waals surface area contributed by atoms with Crippen LogP contribution >= 0.6 is 11.8 Å². The van der Waals surface area contributed by atoms with Crippen LogP contribution in [0.2, 0.25) is 0 Å². The Hall–Kier alpha value is -3.87. The van der Waals surface area contributed by atoms with Crippen molar-refractivity contribution in [3.63, 3.8) is 0 Å². The van der Waals surface area contributed by atoms with Crippen molar-refractivity contribution in [1.29, 1.82) is 0 Å². The van der Waals surface area contributed by atoms with Crippen LogP contribution in [0.15, 0.2) is 35.2 Å². The lowest BCUT2D eigenvalue weighted by molar-refractivity contribution is -0.384. The number of methoxy groups -OCH3 is 1. The number of nitrogens with one attached hydrogen (secondary N) is 1. The van der Waals surface area contributed by atoms with Gasteiger partial charge in [-0.15, -0.1) is 0 Å². The number of hydrogen-bond acceptors (Lipinski definition) is 7. The molecule has 0 aliphatic carbocycles. The van der Waals surface area contributed by atoms with Gasteiger partial charge in [-0.3, -0.25) is 29.4 Å². The number of anilines is 1. The zero-order valence-corrected chi connectivity index (χ0v) is 16.9. The summed E-state index contributed by atoms with van der Waals surface area (Å²) in [6.45, 7) is -0.827. The molecule has 0 atom stereocenters. The lowest BCUT2D eigenvalue weighted by Gasteiger charge is -2.13. The molecule has 3 amide bonds. The number of carbonyl (C=O) groups is 3. The molecule has 13 heteroatoms. The highest BCUT2D eigenvalue weighted by molar-refractivity contribution is 8.18. The molecule has 2 aromatic rings. The van der Waals surface area contributed by atoms with Gasteiger partial charge in [0.1, 0.15) is 12.3 Å². The van der Waals surface area contributed by atoms with Crippen molar-refractivity contribution in [2.24, 2.45) is 0 Å². The number of benzene rings is 2. The van der Waals surface area contributed by atoms with E-state index in [1.807, 2.05) is 5.32 Å². The van der Waals surface area contributed by atoms with Crippen LogP contribution in [0.3, 0.4) is 0 Å². The van der Waals surface area contributed by atoms with E-state index in [-0.39, 0.29) is 21.9 Å². The fourth-order valence-electron chi connectivity index (χ4n) is 2.68. The van der Waals surface area contributed by atoms with Gasteiger partial charge in [0.05, 0.1) is 22.6 Å². The Balaban J connectivity index is 1.79. The van der Waals surface area contributed by atoms with Crippen molar-refractivity contribution < 1.29 is 37.2 Å². The van der Waals surface area contributed by atoms with Crippen LogP contribution in [0.5, 0.6) is 5.75 Å². The highest BCUT2D eigenvalue weighted by Crippen LogP contribution is 2.35. The summed E-state index contributed by atoms with van der Waals surface area (Å²) in [7, 11) is 1.31. The number of hydrogen-bond donors (Lipinski definition) is 1. The van der Waals surface area contributed by atoms with Crippen molar-refractivity contribution in [2.45, 2.75) is 0 Å². The molecule has 1 fully saturated rings. The average molecular weight is 467 g/mol. The minimum Gasteiger partial charge on any atom is -0.496 e. The van der Waals surface area contributed by atoms with E-state index in [1.54, 1.807) is 0 Å². The molecular formula is C19H12F3N3O6S. The Bertz CT molecular complexity index is 1190. The molecule has 2 aromatic carbocycles. The molecule has 9 nitrogen and oxygen atoms in total. The maximum Gasteiger partial charge on any atom is 0.294 e. The second-order valence-electron chi connectivity index (χ2n) is 6.22. The SMILES string of the molecule is COc1ccc([N+](=O)[O-])cc1/C=C1/SC(=O)N(CC(=O)Nc2ccc(F)c(F)c2F)C1=O. The first kappa shape index (κ1) is 22.8.